The van der Waals surface area contributed by atoms with Crippen molar-refractivity contribution >= 4 is 19.4 Å². The Labute approximate surface area is 165 Å². The molecule has 0 aromatic heterocycles. The zero-order chi connectivity index (χ0) is 18.1. The SMILES string of the molecule is CCC(C)(CC)CCCCP=O.[Si].c1ccc2c(c1)Cc1ccccc1-2. The van der Waals surface area contributed by atoms with E-state index in [2.05, 4.69) is 69.3 Å². The van der Waals surface area contributed by atoms with Crippen LogP contribution in [0.5, 0.6) is 0 Å². The Hall–Kier alpha value is -1.24. The van der Waals surface area contributed by atoms with Gasteiger partial charge in [-0.1, -0.05) is 88.6 Å². The van der Waals surface area contributed by atoms with Crippen molar-refractivity contribution in [2.75, 3.05) is 6.16 Å². The van der Waals surface area contributed by atoms with Crippen LogP contribution in [0.2, 0.25) is 0 Å². The summed E-state index contributed by atoms with van der Waals surface area (Å²) in [6, 6.07) is 17.3. The van der Waals surface area contributed by atoms with Gasteiger partial charge in [0, 0.05) is 17.1 Å². The van der Waals surface area contributed by atoms with Crippen LogP contribution in [-0.4, -0.2) is 17.1 Å². The highest BCUT2D eigenvalue weighted by atomic mass is 31.1. The quantitative estimate of drug-likeness (QED) is 0.241. The van der Waals surface area contributed by atoms with Crippen molar-refractivity contribution in [2.45, 2.75) is 59.3 Å². The monoisotopic (exact) mass is 382 g/mol. The molecule has 1 aliphatic carbocycles. The molecule has 0 bridgehead atoms. The third-order valence-corrected chi connectivity index (χ3v) is 6.19. The summed E-state index contributed by atoms with van der Waals surface area (Å²) in [5, 5.41) is 0. The van der Waals surface area contributed by atoms with Crippen LogP contribution in [0.1, 0.15) is 64.0 Å². The fourth-order valence-electron chi connectivity index (χ4n) is 3.41. The maximum atomic E-state index is 10.2. The van der Waals surface area contributed by atoms with E-state index in [4.69, 9.17) is 0 Å². The van der Waals surface area contributed by atoms with Crippen LogP contribution < -0.4 is 0 Å². The van der Waals surface area contributed by atoms with Crippen LogP contribution in [0.4, 0.5) is 0 Å². The molecule has 0 spiro atoms. The lowest BCUT2D eigenvalue weighted by Gasteiger charge is -2.26. The fourth-order valence-corrected chi connectivity index (χ4v) is 3.76. The Morgan fingerprint density at radius 1 is 0.885 bits per heavy atom. The summed E-state index contributed by atoms with van der Waals surface area (Å²) < 4.78 is 10.2. The molecule has 1 nitrogen and oxygen atoms in total. The van der Waals surface area contributed by atoms with Crippen LogP contribution in [-0.2, 0) is 11.0 Å². The first-order valence-corrected chi connectivity index (χ1v) is 10.6. The van der Waals surface area contributed by atoms with Crippen LogP contribution >= 0.6 is 8.46 Å². The van der Waals surface area contributed by atoms with E-state index in [9.17, 15) is 4.57 Å². The Balaban J connectivity index is 0.000000252. The van der Waals surface area contributed by atoms with Crippen molar-refractivity contribution < 1.29 is 4.57 Å². The second-order valence-corrected chi connectivity index (χ2v) is 8.02. The van der Waals surface area contributed by atoms with Gasteiger partial charge in [-0.2, -0.15) is 0 Å². The van der Waals surface area contributed by atoms with Gasteiger partial charge >= 0.3 is 0 Å². The zero-order valence-corrected chi connectivity index (χ0v) is 18.3. The lowest BCUT2D eigenvalue weighted by atomic mass is 9.80. The summed E-state index contributed by atoms with van der Waals surface area (Å²) in [7, 11) is 0.310. The predicted molar refractivity (Wildman–Crippen MR) is 115 cm³/mol. The first-order chi connectivity index (χ1) is 12.1. The largest absolute Gasteiger partial charge is 0.275 e. The van der Waals surface area contributed by atoms with Crippen LogP contribution in [0.25, 0.3) is 11.1 Å². The van der Waals surface area contributed by atoms with Gasteiger partial charge < -0.3 is 0 Å². The van der Waals surface area contributed by atoms with E-state index in [0.717, 1.165) is 19.0 Å². The summed E-state index contributed by atoms with van der Waals surface area (Å²) in [6.07, 6.45) is 8.09. The third-order valence-electron chi connectivity index (χ3n) is 5.69. The minimum atomic E-state index is 0. The van der Waals surface area contributed by atoms with Gasteiger partial charge in [-0.3, -0.25) is 4.57 Å². The Morgan fingerprint density at radius 2 is 1.38 bits per heavy atom. The van der Waals surface area contributed by atoms with Gasteiger partial charge in [0.1, 0.15) is 0 Å². The van der Waals surface area contributed by atoms with Gasteiger partial charge in [0.15, 0.2) is 8.46 Å². The average Bonchev–Trinajstić information content (AvgIpc) is 3.04. The van der Waals surface area contributed by atoms with Crippen LogP contribution in [0.3, 0.4) is 0 Å². The van der Waals surface area contributed by atoms with Crippen molar-refractivity contribution in [1.82, 2.24) is 0 Å². The molecule has 0 saturated carbocycles. The lowest BCUT2D eigenvalue weighted by Crippen LogP contribution is -2.13. The normalized spacial score (nSPS) is 11.8. The topological polar surface area (TPSA) is 17.1 Å². The molecule has 0 amide bonds. The molecule has 0 heterocycles. The van der Waals surface area contributed by atoms with Gasteiger partial charge in [-0.05, 0) is 46.9 Å². The highest BCUT2D eigenvalue weighted by Gasteiger charge is 2.18. The summed E-state index contributed by atoms with van der Waals surface area (Å²) in [6.45, 7) is 6.87. The molecule has 0 fully saturated rings. The lowest BCUT2D eigenvalue weighted by molar-refractivity contribution is 0.265. The van der Waals surface area contributed by atoms with Crippen molar-refractivity contribution in [3.63, 3.8) is 0 Å². The van der Waals surface area contributed by atoms with E-state index in [1.54, 1.807) is 0 Å². The molecule has 0 N–H and O–H groups in total. The molecule has 138 valence electrons. The van der Waals surface area contributed by atoms with Gasteiger partial charge in [0.05, 0.1) is 0 Å². The third kappa shape index (κ3) is 6.18. The first-order valence-electron chi connectivity index (χ1n) is 9.59. The Kier molecular flexibility index (Phi) is 10.1. The summed E-state index contributed by atoms with van der Waals surface area (Å²) in [4.78, 5) is 0. The van der Waals surface area contributed by atoms with Crippen molar-refractivity contribution in [3.8, 4) is 11.1 Å². The molecule has 4 radical (unpaired) electrons. The smallest absolute Gasteiger partial charge is 0.155 e. The molecule has 3 heteroatoms. The fraction of sp³-hybridized carbons (Fsp3) is 0.478. The van der Waals surface area contributed by atoms with E-state index in [1.165, 1.54) is 47.9 Å². The molecule has 0 unspecified atom stereocenters. The molecular formula is C23H31OPSi. The number of hydrogen-bond acceptors (Lipinski definition) is 1. The number of rotatable bonds is 7. The van der Waals surface area contributed by atoms with Gasteiger partial charge in [-0.15, -0.1) is 0 Å². The number of benzene rings is 2. The number of hydrogen-bond donors (Lipinski definition) is 0. The average molecular weight is 383 g/mol. The van der Waals surface area contributed by atoms with Crippen LogP contribution in [0.15, 0.2) is 48.5 Å². The first kappa shape index (κ1) is 22.8. The molecule has 2 aromatic rings. The minimum absolute atomic E-state index is 0. The van der Waals surface area contributed by atoms with Crippen LogP contribution in [0, 0.1) is 5.41 Å². The molecule has 3 rings (SSSR count). The highest BCUT2D eigenvalue weighted by Crippen LogP contribution is 2.35. The predicted octanol–water partition coefficient (Wildman–Crippen LogP) is 7.15. The molecule has 2 aromatic carbocycles. The van der Waals surface area contributed by atoms with Crippen molar-refractivity contribution in [1.29, 1.82) is 0 Å². The second kappa shape index (κ2) is 11.5. The molecule has 26 heavy (non-hydrogen) atoms. The summed E-state index contributed by atoms with van der Waals surface area (Å²) in [5.74, 6) is 0. The van der Waals surface area contributed by atoms with E-state index in [1.807, 2.05) is 0 Å². The molecule has 0 atom stereocenters. The number of fused-ring (bicyclic) bond motifs is 3. The Bertz CT molecular complexity index is 636. The van der Waals surface area contributed by atoms with E-state index in [-0.39, 0.29) is 11.0 Å². The molecular weight excluding hydrogens is 351 g/mol. The van der Waals surface area contributed by atoms with Gasteiger partial charge in [0.2, 0.25) is 0 Å². The standard InChI is InChI=1S/C13H10.C10H21OP.Si/c1-3-7-12-10(5-1)9-11-6-2-4-8-13(11)12;1-4-10(3,5-2)8-6-7-9-12-11;/h1-8H,9H2;4-9H2,1-3H3;. The number of unbranched alkanes of at least 4 members (excludes halogenated alkanes) is 1. The van der Waals surface area contributed by atoms with Gasteiger partial charge in [0.25, 0.3) is 0 Å². The van der Waals surface area contributed by atoms with Gasteiger partial charge in [-0.25, -0.2) is 0 Å². The minimum Gasteiger partial charge on any atom is -0.275 e. The molecule has 0 saturated heterocycles. The van der Waals surface area contributed by atoms with E-state index >= 15 is 0 Å². The summed E-state index contributed by atoms with van der Waals surface area (Å²) in [5.41, 5.74) is 6.28. The van der Waals surface area contributed by atoms with Crippen molar-refractivity contribution in [2.24, 2.45) is 5.41 Å². The van der Waals surface area contributed by atoms with E-state index in [0.29, 0.717) is 13.9 Å². The van der Waals surface area contributed by atoms with Crippen molar-refractivity contribution in [3.05, 3.63) is 59.7 Å². The van der Waals surface area contributed by atoms with E-state index < -0.39 is 0 Å². The molecule has 1 aliphatic rings. The Morgan fingerprint density at radius 3 is 1.85 bits per heavy atom. The highest BCUT2D eigenvalue weighted by molar-refractivity contribution is 7.23. The second-order valence-electron chi connectivity index (χ2n) is 7.32. The maximum absolute atomic E-state index is 10.2. The maximum Gasteiger partial charge on any atom is 0.155 e. The zero-order valence-electron chi connectivity index (χ0n) is 16.4. The molecule has 0 aliphatic heterocycles. The summed E-state index contributed by atoms with van der Waals surface area (Å²) >= 11 is 0.